The van der Waals surface area contributed by atoms with Crippen LogP contribution in [-0.4, -0.2) is 43.4 Å². The molecule has 0 fully saturated rings. The van der Waals surface area contributed by atoms with E-state index in [1.807, 2.05) is 0 Å². The van der Waals surface area contributed by atoms with Crippen molar-refractivity contribution in [3.8, 4) is 11.5 Å². The van der Waals surface area contributed by atoms with Gasteiger partial charge in [0.25, 0.3) is 0 Å². The third-order valence-electron chi connectivity index (χ3n) is 2.29. The highest BCUT2D eigenvalue weighted by Crippen LogP contribution is 2.25. The second kappa shape index (κ2) is 7.86. The van der Waals surface area contributed by atoms with Crippen LogP contribution in [0, 0.1) is 0 Å². The molecule has 1 N–H and O–H groups in total. The summed E-state index contributed by atoms with van der Waals surface area (Å²) >= 11 is 5.48. The Hall–Kier alpha value is -1.46. The molecule has 0 heterocycles. The van der Waals surface area contributed by atoms with E-state index < -0.39 is 12.1 Å². The van der Waals surface area contributed by atoms with Gasteiger partial charge in [-0.05, 0) is 19.1 Å². The lowest BCUT2D eigenvalue weighted by molar-refractivity contribution is 0.0517. The van der Waals surface area contributed by atoms with Gasteiger partial charge in [-0.3, -0.25) is 0 Å². The zero-order valence-electron chi connectivity index (χ0n) is 10.9. The number of ether oxygens (including phenoxy) is 3. The molecule has 0 bridgehead atoms. The fourth-order valence-electron chi connectivity index (χ4n) is 1.36. The Labute approximate surface area is 117 Å². The SMILES string of the molecule is CCOC(=O)c1ccc(OC)cc1OCC(O)CCl. The summed E-state index contributed by atoms with van der Waals surface area (Å²) in [4.78, 5) is 11.7. The van der Waals surface area contributed by atoms with Gasteiger partial charge in [-0.1, -0.05) is 0 Å². The monoisotopic (exact) mass is 288 g/mol. The van der Waals surface area contributed by atoms with E-state index in [1.54, 1.807) is 25.1 Å². The number of carbonyl (C=O) groups excluding carboxylic acids is 1. The quantitative estimate of drug-likeness (QED) is 0.613. The van der Waals surface area contributed by atoms with E-state index in [0.717, 1.165) is 0 Å². The first-order valence-corrected chi connectivity index (χ1v) is 6.37. The van der Waals surface area contributed by atoms with E-state index in [-0.39, 0.29) is 24.7 Å². The summed E-state index contributed by atoms with van der Waals surface area (Å²) in [5.74, 6) is 0.407. The van der Waals surface area contributed by atoms with Crippen molar-refractivity contribution >= 4 is 17.6 Å². The number of aliphatic hydroxyl groups is 1. The highest BCUT2D eigenvalue weighted by atomic mass is 35.5. The van der Waals surface area contributed by atoms with Gasteiger partial charge in [0.1, 0.15) is 29.8 Å². The number of esters is 1. The highest BCUT2D eigenvalue weighted by molar-refractivity contribution is 6.18. The number of benzene rings is 1. The molecule has 1 rings (SSSR count). The smallest absolute Gasteiger partial charge is 0.341 e. The third-order valence-corrected chi connectivity index (χ3v) is 2.65. The van der Waals surface area contributed by atoms with Gasteiger partial charge in [-0.25, -0.2) is 4.79 Å². The van der Waals surface area contributed by atoms with Gasteiger partial charge < -0.3 is 19.3 Å². The number of hydrogen-bond acceptors (Lipinski definition) is 5. The number of rotatable bonds is 7. The molecule has 0 amide bonds. The van der Waals surface area contributed by atoms with E-state index >= 15 is 0 Å². The lowest BCUT2D eigenvalue weighted by Crippen LogP contribution is -2.20. The summed E-state index contributed by atoms with van der Waals surface area (Å²) in [6.07, 6.45) is -0.803. The van der Waals surface area contributed by atoms with E-state index in [0.29, 0.717) is 11.5 Å². The fraction of sp³-hybridized carbons (Fsp3) is 0.462. The molecule has 6 heteroatoms. The van der Waals surface area contributed by atoms with Crippen LogP contribution in [0.3, 0.4) is 0 Å². The van der Waals surface area contributed by atoms with Gasteiger partial charge in [-0.15, -0.1) is 11.6 Å². The summed E-state index contributed by atoms with van der Waals surface area (Å²) in [6, 6.07) is 4.75. The minimum atomic E-state index is -0.803. The van der Waals surface area contributed by atoms with Crippen LogP contribution < -0.4 is 9.47 Å². The summed E-state index contributed by atoms with van der Waals surface area (Å²) in [5.41, 5.74) is 0.282. The van der Waals surface area contributed by atoms with Crippen LogP contribution in [-0.2, 0) is 4.74 Å². The van der Waals surface area contributed by atoms with Crippen molar-refractivity contribution in [1.29, 1.82) is 0 Å². The summed E-state index contributed by atoms with van der Waals surface area (Å²) in [6.45, 7) is 1.98. The van der Waals surface area contributed by atoms with Crippen molar-refractivity contribution in [3.05, 3.63) is 23.8 Å². The predicted molar refractivity (Wildman–Crippen MR) is 71.2 cm³/mol. The van der Waals surface area contributed by atoms with Crippen LogP contribution in [0.2, 0.25) is 0 Å². The molecule has 0 aliphatic heterocycles. The first-order valence-electron chi connectivity index (χ1n) is 5.84. The van der Waals surface area contributed by atoms with Crippen LogP contribution in [0.25, 0.3) is 0 Å². The molecule has 0 aliphatic rings. The zero-order valence-corrected chi connectivity index (χ0v) is 11.6. The Morgan fingerprint density at radius 3 is 2.79 bits per heavy atom. The van der Waals surface area contributed by atoms with Crippen LogP contribution >= 0.6 is 11.6 Å². The zero-order chi connectivity index (χ0) is 14.3. The van der Waals surface area contributed by atoms with Gasteiger partial charge in [0.15, 0.2) is 0 Å². The lowest BCUT2D eigenvalue weighted by atomic mass is 10.2. The number of hydrogen-bond donors (Lipinski definition) is 1. The van der Waals surface area contributed by atoms with Crippen molar-refractivity contribution in [3.63, 3.8) is 0 Å². The molecular weight excluding hydrogens is 272 g/mol. The normalized spacial score (nSPS) is 11.8. The molecule has 0 radical (unpaired) electrons. The van der Waals surface area contributed by atoms with Crippen molar-refractivity contribution < 1.29 is 24.1 Å². The molecule has 0 spiro atoms. The van der Waals surface area contributed by atoms with E-state index in [4.69, 9.17) is 25.8 Å². The van der Waals surface area contributed by atoms with Crippen molar-refractivity contribution in [1.82, 2.24) is 0 Å². The Balaban J connectivity index is 2.92. The van der Waals surface area contributed by atoms with Crippen LogP contribution in [0.5, 0.6) is 11.5 Å². The van der Waals surface area contributed by atoms with E-state index in [9.17, 15) is 9.90 Å². The molecule has 0 aliphatic carbocycles. The van der Waals surface area contributed by atoms with Crippen LogP contribution in [0.4, 0.5) is 0 Å². The van der Waals surface area contributed by atoms with Gasteiger partial charge in [0.2, 0.25) is 0 Å². The molecule has 1 aromatic carbocycles. The first kappa shape index (κ1) is 15.6. The standard InChI is InChI=1S/C13H17ClO5/c1-3-18-13(16)11-5-4-10(17-2)6-12(11)19-8-9(15)7-14/h4-6,9,15H,3,7-8H2,1-2H3. The Kier molecular flexibility index (Phi) is 6.45. The second-order valence-electron chi connectivity index (χ2n) is 3.70. The van der Waals surface area contributed by atoms with Gasteiger partial charge in [0.05, 0.1) is 19.6 Å². The maximum absolute atomic E-state index is 11.7. The Bertz CT molecular complexity index is 421. The lowest BCUT2D eigenvalue weighted by Gasteiger charge is -2.14. The average Bonchev–Trinajstić information content (AvgIpc) is 2.44. The largest absolute Gasteiger partial charge is 0.497 e. The maximum Gasteiger partial charge on any atom is 0.341 e. The van der Waals surface area contributed by atoms with Crippen LogP contribution in [0.15, 0.2) is 18.2 Å². The highest BCUT2D eigenvalue weighted by Gasteiger charge is 2.16. The second-order valence-corrected chi connectivity index (χ2v) is 4.01. The average molecular weight is 289 g/mol. The fourth-order valence-corrected chi connectivity index (χ4v) is 1.45. The van der Waals surface area contributed by atoms with E-state index in [2.05, 4.69) is 0 Å². The number of halogens is 1. The summed E-state index contributed by atoms with van der Waals surface area (Å²) < 4.78 is 15.4. The Morgan fingerprint density at radius 1 is 1.47 bits per heavy atom. The predicted octanol–water partition coefficient (Wildman–Crippen LogP) is 1.85. The minimum Gasteiger partial charge on any atom is -0.497 e. The molecule has 106 valence electrons. The summed E-state index contributed by atoms with van der Waals surface area (Å²) in [7, 11) is 1.51. The number of methoxy groups -OCH3 is 1. The molecule has 1 aromatic rings. The number of alkyl halides is 1. The van der Waals surface area contributed by atoms with Crippen molar-refractivity contribution in [2.75, 3.05) is 26.2 Å². The molecule has 5 nitrogen and oxygen atoms in total. The molecule has 0 saturated carbocycles. The minimum absolute atomic E-state index is 0.0108. The van der Waals surface area contributed by atoms with Gasteiger partial charge >= 0.3 is 5.97 Å². The van der Waals surface area contributed by atoms with Gasteiger partial charge in [-0.2, -0.15) is 0 Å². The first-order chi connectivity index (χ1) is 9.12. The van der Waals surface area contributed by atoms with Crippen molar-refractivity contribution in [2.24, 2.45) is 0 Å². The summed E-state index contributed by atoms with van der Waals surface area (Å²) in [5, 5.41) is 9.37. The number of aliphatic hydroxyl groups excluding tert-OH is 1. The molecule has 1 unspecified atom stereocenters. The molecule has 1 atom stereocenters. The number of carbonyl (C=O) groups is 1. The van der Waals surface area contributed by atoms with Gasteiger partial charge in [0, 0.05) is 6.07 Å². The Morgan fingerprint density at radius 2 is 2.21 bits per heavy atom. The van der Waals surface area contributed by atoms with Crippen molar-refractivity contribution in [2.45, 2.75) is 13.0 Å². The topological polar surface area (TPSA) is 65.0 Å². The third kappa shape index (κ3) is 4.61. The molecular formula is C13H17ClO5. The maximum atomic E-state index is 11.7. The van der Waals surface area contributed by atoms with E-state index in [1.165, 1.54) is 7.11 Å². The molecule has 19 heavy (non-hydrogen) atoms. The van der Waals surface area contributed by atoms with Crippen LogP contribution in [0.1, 0.15) is 17.3 Å². The molecule has 0 saturated heterocycles. The molecule has 0 aromatic heterocycles.